The summed E-state index contributed by atoms with van der Waals surface area (Å²) >= 11 is 7.62. The molecule has 0 unspecified atom stereocenters. The molecule has 0 saturated carbocycles. The van der Waals surface area contributed by atoms with Crippen LogP contribution in [0.5, 0.6) is 5.75 Å². The average molecular weight is 380 g/mol. The number of hydrogen-bond acceptors (Lipinski definition) is 7. The van der Waals surface area contributed by atoms with Gasteiger partial charge in [0.15, 0.2) is 16.8 Å². The maximum Gasteiger partial charge on any atom is 0.191 e. The molecule has 0 amide bonds. The van der Waals surface area contributed by atoms with Gasteiger partial charge in [0.2, 0.25) is 0 Å². The second kappa shape index (κ2) is 8.30. The van der Waals surface area contributed by atoms with E-state index < -0.39 is 0 Å². The molecule has 3 rings (SSSR count). The van der Waals surface area contributed by atoms with E-state index in [1.54, 1.807) is 6.07 Å². The summed E-state index contributed by atoms with van der Waals surface area (Å²) < 4.78 is 9.43. The lowest BCUT2D eigenvalue weighted by Crippen LogP contribution is -2.06. The molecule has 2 aromatic heterocycles. The molecule has 1 aromatic carbocycles. The van der Waals surface area contributed by atoms with Crippen LogP contribution in [0.4, 0.5) is 0 Å². The van der Waals surface area contributed by atoms with Crippen LogP contribution >= 0.6 is 23.4 Å². The van der Waals surface area contributed by atoms with Crippen LogP contribution in [0.1, 0.15) is 25.0 Å². The second-order valence-corrected chi connectivity index (χ2v) is 6.63. The van der Waals surface area contributed by atoms with Gasteiger partial charge in [-0.25, -0.2) is 4.68 Å². The van der Waals surface area contributed by atoms with Crippen molar-refractivity contribution in [3.63, 3.8) is 0 Å². The number of aromatic nitrogens is 7. The maximum atomic E-state index is 6.09. The SMILES string of the molecule is CCCn1nnnc1CSc1nnc(COc2ccccc2Cl)n1C. The molecule has 10 heteroatoms. The summed E-state index contributed by atoms with van der Waals surface area (Å²) in [6.45, 7) is 3.19. The Morgan fingerprint density at radius 2 is 2.00 bits per heavy atom. The molecule has 8 nitrogen and oxygen atoms in total. The van der Waals surface area contributed by atoms with Crippen LogP contribution in [0.25, 0.3) is 0 Å². The molecule has 0 radical (unpaired) electrons. The minimum Gasteiger partial charge on any atom is -0.484 e. The molecule has 0 atom stereocenters. The largest absolute Gasteiger partial charge is 0.484 e. The van der Waals surface area contributed by atoms with Gasteiger partial charge in [0.1, 0.15) is 12.4 Å². The first-order valence-electron chi connectivity index (χ1n) is 7.82. The molecule has 0 fully saturated rings. The van der Waals surface area contributed by atoms with Crippen LogP contribution in [0.15, 0.2) is 29.4 Å². The maximum absolute atomic E-state index is 6.09. The Balaban J connectivity index is 1.61. The molecule has 0 aliphatic heterocycles. The van der Waals surface area contributed by atoms with Gasteiger partial charge in [0, 0.05) is 13.6 Å². The van der Waals surface area contributed by atoms with Gasteiger partial charge in [-0.3, -0.25) is 0 Å². The molecule has 25 heavy (non-hydrogen) atoms. The Bertz CT molecular complexity index is 835. The minimum atomic E-state index is 0.293. The molecular formula is C15H18ClN7OS. The number of para-hydroxylation sites is 1. The summed E-state index contributed by atoms with van der Waals surface area (Å²) in [4.78, 5) is 0. The van der Waals surface area contributed by atoms with Crippen LogP contribution in [-0.2, 0) is 26.0 Å². The van der Waals surface area contributed by atoms with Gasteiger partial charge in [-0.15, -0.1) is 15.3 Å². The first-order valence-corrected chi connectivity index (χ1v) is 9.18. The first-order chi connectivity index (χ1) is 12.2. The molecule has 0 aliphatic carbocycles. The van der Waals surface area contributed by atoms with Gasteiger partial charge >= 0.3 is 0 Å². The highest BCUT2D eigenvalue weighted by Gasteiger charge is 2.13. The quantitative estimate of drug-likeness (QED) is 0.556. The van der Waals surface area contributed by atoms with Crippen molar-refractivity contribution in [3.8, 4) is 5.75 Å². The zero-order valence-corrected chi connectivity index (χ0v) is 15.5. The van der Waals surface area contributed by atoms with Gasteiger partial charge in [0.05, 0.1) is 10.8 Å². The van der Waals surface area contributed by atoms with Crippen LogP contribution in [0, 0.1) is 0 Å². The number of thioether (sulfide) groups is 1. The fourth-order valence-corrected chi connectivity index (χ4v) is 3.19. The van der Waals surface area contributed by atoms with E-state index in [2.05, 4.69) is 32.6 Å². The van der Waals surface area contributed by atoms with Crippen LogP contribution in [0.2, 0.25) is 5.02 Å². The predicted molar refractivity (Wildman–Crippen MR) is 94.5 cm³/mol. The summed E-state index contributed by atoms with van der Waals surface area (Å²) in [6.07, 6.45) is 0.982. The van der Waals surface area contributed by atoms with E-state index in [1.807, 2.05) is 34.5 Å². The average Bonchev–Trinajstić information content (AvgIpc) is 3.19. The third kappa shape index (κ3) is 4.29. The summed E-state index contributed by atoms with van der Waals surface area (Å²) in [5, 5.41) is 21.5. The molecule has 132 valence electrons. The molecule has 2 heterocycles. The Kier molecular flexibility index (Phi) is 5.87. The summed E-state index contributed by atoms with van der Waals surface area (Å²) in [5.41, 5.74) is 0. The summed E-state index contributed by atoms with van der Waals surface area (Å²) in [6, 6.07) is 7.34. The fraction of sp³-hybridized carbons (Fsp3) is 0.400. The summed E-state index contributed by atoms with van der Waals surface area (Å²) in [7, 11) is 1.91. The Morgan fingerprint density at radius 1 is 1.16 bits per heavy atom. The van der Waals surface area contributed by atoms with Crippen molar-refractivity contribution in [3.05, 3.63) is 40.9 Å². The van der Waals surface area contributed by atoms with Crippen LogP contribution < -0.4 is 4.74 Å². The van der Waals surface area contributed by atoms with Gasteiger partial charge < -0.3 is 9.30 Å². The molecule has 0 N–H and O–H groups in total. The lowest BCUT2D eigenvalue weighted by molar-refractivity contribution is 0.290. The van der Waals surface area contributed by atoms with Crippen molar-refractivity contribution in [1.82, 2.24) is 35.0 Å². The lowest BCUT2D eigenvalue weighted by Gasteiger charge is -2.07. The van der Waals surface area contributed by atoms with Crippen molar-refractivity contribution in [1.29, 1.82) is 0 Å². The highest BCUT2D eigenvalue weighted by molar-refractivity contribution is 7.98. The highest BCUT2D eigenvalue weighted by atomic mass is 35.5. The lowest BCUT2D eigenvalue weighted by atomic mass is 10.3. The molecule has 3 aromatic rings. The zero-order valence-electron chi connectivity index (χ0n) is 14.0. The third-order valence-corrected chi connectivity index (χ3v) is 4.82. The van der Waals surface area contributed by atoms with E-state index in [1.165, 1.54) is 11.8 Å². The number of hydrogen-bond donors (Lipinski definition) is 0. The number of benzene rings is 1. The van der Waals surface area contributed by atoms with Crippen molar-refractivity contribution in [2.45, 2.75) is 37.4 Å². The highest BCUT2D eigenvalue weighted by Crippen LogP contribution is 2.25. The third-order valence-electron chi connectivity index (χ3n) is 3.49. The topological polar surface area (TPSA) is 83.5 Å². The number of tetrazole rings is 1. The standard InChI is InChI=1S/C15H18ClN7OS/c1-3-8-23-14(18-20-21-23)10-25-15-19-17-13(22(15)2)9-24-12-7-5-4-6-11(12)16/h4-7H,3,8-10H2,1-2H3. The van der Waals surface area contributed by atoms with Crippen molar-refractivity contribution < 1.29 is 4.74 Å². The van der Waals surface area contributed by atoms with Crippen molar-refractivity contribution in [2.75, 3.05) is 0 Å². The van der Waals surface area contributed by atoms with Crippen molar-refractivity contribution in [2.24, 2.45) is 7.05 Å². The van der Waals surface area contributed by atoms with E-state index in [9.17, 15) is 0 Å². The first kappa shape index (κ1) is 17.7. The fourth-order valence-electron chi connectivity index (χ4n) is 2.14. The van der Waals surface area contributed by atoms with E-state index in [0.717, 1.165) is 29.8 Å². The van der Waals surface area contributed by atoms with Gasteiger partial charge in [-0.2, -0.15) is 0 Å². The number of nitrogens with zero attached hydrogens (tertiary/aromatic N) is 7. The Morgan fingerprint density at radius 3 is 2.80 bits per heavy atom. The molecule has 0 saturated heterocycles. The van der Waals surface area contributed by atoms with E-state index in [4.69, 9.17) is 16.3 Å². The monoisotopic (exact) mass is 379 g/mol. The van der Waals surface area contributed by atoms with Gasteiger partial charge in [-0.05, 0) is 29.0 Å². The van der Waals surface area contributed by atoms with Gasteiger partial charge in [-0.1, -0.05) is 42.4 Å². The number of ether oxygens (including phenoxy) is 1. The Hall–Kier alpha value is -2.13. The number of halogens is 1. The molecule has 0 spiro atoms. The molecule has 0 aliphatic rings. The zero-order chi connectivity index (χ0) is 17.6. The predicted octanol–water partition coefficient (Wildman–Crippen LogP) is 2.74. The smallest absolute Gasteiger partial charge is 0.191 e. The van der Waals surface area contributed by atoms with Crippen LogP contribution in [-0.4, -0.2) is 35.0 Å². The number of aryl methyl sites for hydroxylation is 1. The summed E-state index contributed by atoms with van der Waals surface area (Å²) in [5.74, 6) is 2.80. The van der Waals surface area contributed by atoms with Crippen molar-refractivity contribution >= 4 is 23.4 Å². The normalized spacial score (nSPS) is 11.0. The van der Waals surface area contributed by atoms with Crippen LogP contribution in [0.3, 0.4) is 0 Å². The molecular weight excluding hydrogens is 362 g/mol. The second-order valence-electron chi connectivity index (χ2n) is 5.28. The van der Waals surface area contributed by atoms with E-state index in [0.29, 0.717) is 23.1 Å². The molecule has 0 bridgehead atoms. The number of rotatable bonds is 8. The van der Waals surface area contributed by atoms with Gasteiger partial charge in [0.25, 0.3) is 0 Å². The van der Waals surface area contributed by atoms with E-state index in [-0.39, 0.29) is 0 Å². The Labute approximate surface area is 154 Å². The van der Waals surface area contributed by atoms with E-state index >= 15 is 0 Å². The minimum absolute atomic E-state index is 0.293.